The van der Waals surface area contributed by atoms with E-state index < -0.39 is 0 Å². The zero-order chi connectivity index (χ0) is 19.1. The van der Waals surface area contributed by atoms with Crippen LogP contribution in [-0.2, 0) is 0 Å². The maximum atomic E-state index is 13.1. The van der Waals surface area contributed by atoms with Crippen molar-refractivity contribution in [1.29, 1.82) is 0 Å². The number of rotatable bonds is 2. The lowest BCUT2D eigenvalue weighted by atomic mass is 10.1. The summed E-state index contributed by atoms with van der Waals surface area (Å²) in [5.74, 6) is 1.13. The number of benzene rings is 1. The molecule has 0 radical (unpaired) electrons. The lowest BCUT2D eigenvalue weighted by Gasteiger charge is -2.35. The highest BCUT2D eigenvalue weighted by Gasteiger charge is 2.40. The van der Waals surface area contributed by atoms with Crippen LogP contribution in [0.25, 0.3) is 11.3 Å². The van der Waals surface area contributed by atoms with Crippen molar-refractivity contribution in [1.82, 2.24) is 15.0 Å². The van der Waals surface area contributed by atoms with Gasteiger partial charge in [0.2, 0.25) is 0 Å². The molecular formula is C20H17ClN6O. The summed E-state index contributed by atoms with van der Waals surface area (Å²) < 4.78 is 0. The number of hydrogen-bond donors (Lipinski definition) is 1. The van der Waals surface area contributed by atoms with Crippen molar-refractivity contribution in [3.63, 3.8) is 0 Å². The summed E-state index contributed by atoms with van der Waals surface area (Å²) in [6.07, 6.45) is 3.91. The third kappa shape index (κ3) is 2.93. The minimum atomic E-state index is -0.234. The first-order valence-corrected chi connectivity index (χ1v) is 9.45. The first-order valence-electron chi connectivity index (χ1n) is 9.07. The first kappa shape index (κ1) is 16.9. The van der Waals surface area contributed by atoms with Gasteiger partial charge in [-0.05, 0) is 36.8 Å². The quantitative estimate of drug-likeness (QED) is 0.717. The normalized spacial score (nSPS) is 17.4. The van der Waals surface area contributed by atoms with Crippen molar-refractivity contribution in [2.24, 2.45) is 0 Å². The van der Waals surface area contributed by atoms with Crippen molar-refractivity contribution < 1.29 is 4.79 Å². The number of nitrogens with one attached hydrogen (secondary N) is 1. The van der Waals surface area contributed by atoms with Crippen LogP contribution >= 0.6 is 11.6 Å². The topological polar surface area (TPSA) is 74.2 Å². The lowest BCUT2D eigenvalue weighted by Crippen LogP contribution is -2.48. The number of carbonyl (C=O) groups excluding carboxylic acids is 1. The average Bonchev–Trinajstić information content (AvgIpc) is 3.13. The number of aromatic nitrogens is 3. The Balaban J connectivity index is 1.54. The van der Waals surface area contributed by atoms with Crippen LogP contribution < -0.4 is 15.1 Å². The number of halogens is 1. The summed E-state index contributed by atoms with van der Waals surface area (Å²) in [6.45, 7) is 1.72. The van der Waals surface area contributed by atoms with Crippen molar-refractivity contribution >= 4 is 35.0 Å². The van der Waals surface area contributed by atoms with Gasteiger partial charge in [0.05, 0.1) is 17.4 Å². The van der Waals surface area contributed by atoms with Crippen molar-refractivity contribution in [3.05, 3.63) is 60.0 Å². The fraction of sp³-hybridized carbons (Fsp3) is 0.200. The summed E-state index contributed by atoms with van der Waals surface area (Å²) in [4.78, 5) is 30.0. The second kappa shape index (κ2) is 6.76. The third-order valence-corrected chi connectivity index (χ3v) is 5.34. The molecule has 2 bridgehead atoms. The van der Waals surface area contributed by atoms with Crippen molar-refractivity contribution in [3.8, 4) is 11.3 Å². The Kier molecular flexibility index (Phi) is 4.09. The minimum Gasteiger partial charge on any atom is -0.366 e. The van der Waals surface area contributed by atoms with E-state index in [-0.39, 0.29) is 12.1 Å². The van der Waals surface area contributed by atoms with Gasteiger partial charge in [0.15, 0.2) is 5.82 Å². The smallest absolute Gasteiger partial charge is 0.329 e. The monoisotopic (exact) mass is 392 g/mol. The number of fused-ring (bicyclic) bond motifs is 4. The van der Waals surface area contributed by atoms with Gasteiger partial charge in [0, 0.05) is 29.9 Å². The Bertz CT molecular complexity index is 1040. The van der Waals surface area contributed by atoms with Crippen LogP contribution in [0, 0.1) is 0 Å². The van der Waals surface area contributed by atoms with Crippen LogP contribution in [0.4, 0.5) is 22.1 Å². The third-order valence-electron chi connectivity index (χ3n) is 5.11. The van der Waals surface area contributed by atoms with E-state index in [9.17, 15) is 4.79 Å². The van der Waals surface area contributed by atoms with E-state index in [4.69, 9.17) is 16.6 Å². The largest absolute Gasteiger partial charge is 0.366 e. The van der Waals surface area contributed by atoms with E-state index in [1.54, 1.807) is 17.2 Å². The second-order valence-electron chi connectivity index (χ2n) is 6.83. The maximum Gasteiger partial charge on any atom is 0.329 e. The highest BCUT2D eigenvalue weighted by Crippen LogP contribution is 2.40. The molecule has 2 aliphatic heterocycles. The molecule has 1 saturated heterocycles. The van der Waals surface area contributed by atoms with E-state index >= 15 is 0 Å². The number of anilines is 3. The lowest BCUT2D eigenvalue weighted by molar-refractivity contribution is 0.254. The van der Waals surface area contributed by atoms with Gasteiger partial charge in [-0.15, -0.1) is 0 Å². The van der Waals surface area contributed by atoms with Crippen LogP contribution in [-0.4, -0.2) is 40.1 Å². The van der Waals surface area contributed by atoms with Crippen molar-refractivity contribution in [2.45, 2.75) is 12.5 Å². The first-order chi connectivity index (χ1) is 13.7. The molecule has 4 heterocycles. The average molecular weight is 393 g/mol. The molecule has 0 aliphatic carbocycles. The molecule has 2 aromatic heterocycles. The van der Waals surface area contributed by atoms with Gasteiger partial charge in [0.25, 0.3) is 0 Å². The number of pyridine rings is 1. The van der Waals surface area contributed by atoms with Crippen LogP contribution in [0.15, 0.2) is 55.0 Å². The molecule has 1 unspecified atom stereocenters. The van der Waals surface area contributed by atoms with Gasteiger partial charge in [-0.25, -0.2) is 19.7 Å². The summed E-state index contributed by atoms with van der Waals surface area (Å²) in [5, 5.41) is 3.51. The molecule has 140 valence electrons. The molecule has 0 spiro atoms. The zero-order valence-electron chi connectivity index (χ0n) is 14.9. The Morgan fingerprint density at radius 3 is 2.96 bits per heavy atom. The second-order valence-corrected chi connectivity index (χ2v) is 7.27. The zero-order valence-corrected chi connectivity index (χ0v) is 15.7. The molecular weight excluding hydrogens is 376 g/mol. The SMILES string of the molecule is O=C(Nc1ccncn1)N1c2nc(-c3cccc(Cl)c3)ccc2N2CCC1C2. The Morgan fingerprint density at radius 1 is 1.21 bits per heavy atom. The fourth-order valence-electron chi connectivity index (χ4n) is 3.81. The van der Waals surface area contributed by atoms with Gasteiger partial charge >= 0.3 is 6.03 Å². The molecule has 28 heavy (non-hydrogen) atoms. The highest BCUT2D eigenvalue weighted by atomic mass is 35.5. The minimum absolute atomic E-state index is 0.0800. The van der Waals surface area contributed by atoms with Crippen LogP contribution in [0.5, 0.6) is 0 Å². The predicted octanol–water partition coefficient (Wildman–Crippen LogP) is 3.82. The van der Waals surface area contributed by atoms with Gasteiger partial charge in [-0.1, -0.05) is 23.7 Å². The van der Waals surface area contributed by atoms with Crippen LogP contribution in [0.3, 0.4) is 0 Å². The molecule has 1 fully saturated rings. The van der Waals surface area contributed by atoms with E-state index in [1.165, 1.54) is 6.33 Å². The highest BCUT2D eigenvalue weighted by molar-refractivity contribution is 6.30. The predicted molar refractivity (Wildman–Crippen MR) is 109 cm³/mol. The molecule has 1 N–H and O–H groups in total. The van der Waals surface area contributed by atoms with Crippen LogP contribution in [0.1, 0.15) is 6.42 Å². The Morgan fingerprint density at radius 2 is 2.14 bits per heavy atom. The maximum absolute atomic E-state index is 13.1. The van der Waals surface area contributed by atoms with Crippen molar-refractivity contribution in [2.75, 3.05) is 28.2 Å². The summed E-state index contributed by atoms with van der Waals surface area (Å²) >= 11 is 6.14. The van der Waals surface area contributed by atoms with E-state index in [1.807, 2.05) is 36.4 Å². The Labute approximate surface area is 167 Å². The van der Waals surface area contributed by atoms with E-state index in [0.717, 1.165) is 36.5 Å². The molecule has 1 aromatic carbocycles. The summed E-state index contributed by atoms with van der Waals surface area (Å²) in [5.41, 5.74) is 2.67. The molecule has 8 heteroatoms. The molecule has 2 amide bonds. The molecule has 2 aliphatic rings. The van der Waals surface area contributed by atoms with E-state index in [2.05, 4.69) is 20.2 Å². The molecule has 1 atom stereocenters. The number of hydrogen-bond acceptors (Lipinski definition) is 5. The molecule has 3 aromatic rings. The number of carbonyl (C=O) groups is 1. The fourth-order valence-corrected chi connectivity index (χ4v) is 4.00. The molecule has 5 rings (SSSR count). The van der Waals surface area contributed by atoms with Gasteiger partial charge in [0.1, 0.15) is 12.1 Å². The summed E-state index contributed by atoms with van der Waals surface area (Å²) in [6, 6.07) is 13.1. The standard InChI is InChI=1S/C20H17ClN6O/c21-14-3-1-2-13(10-14)16-4-5-17-19(24-16)27(15-7-9-26(17)11-15)20(28)25-18-6-8-22-12-23-18/h1-6,8,10,12,15H,7,9,11H2,(H,22,23,25,28). The van der Waals surface area contributed by atoms with Crippen LogP contribution in [0.2, 0.25) is 5.02 Å². The molecule has 0 saturated carbocycles. The van der Waals surface area contributed by atoms with Gasteiger partial charge < -0.3 is 4.90 Å². The number of nitrogens with zero attached hydrogens (tertiary/aromatic N) is 5. The molecule has 7 nitrogen and oxygen atoms in total. The van der Waals surface area contributed by atoms with Gasteiger partial charge in [-0.3, -0.25) is 10.2 Å². The van der Waals surface area contributed by atoms with Gasteiger partial charge in [-0.2, -0.15) is 0 Å². The number of urea groups is 1. The number of amides is 2. The Hall–Kier alpha value is -3.19. The van der Waals surface area contributed by atoms with E-state index in [0.29, 0.717) is 16.7 Å². The summed E-state index contributed by atoms with van der Waals surface area (Å²) in [7, 11) is 0.